The number of aromatic nitrogens is 2. The van der Waals surface area contributed by atoms with Gasteiger partial charge in [0.05, 0.1) is 22.8 Å². The van der Waals surface area contributed by atoms with Crippen LogP contribution in [0, 0.1) is 11.7 Å². The van der Waals surface area contributed by atoms with Crippen molar-refractivity contribution >= 4 is 51.7 Å². The molecule has 0 spiro atoms. The Labute approximate surface area is 267 Å². The summed E-state index contributed by atoms with van der Waals surface area (Å²) in [7, 11) is 1.79. The molecule has 2 heterocycles. The molecule has 240 valence electrons. The number of piperidine rings is 1. The minimum absolute atomic E-state index is 0.00799. The van der Waals surface area contributed by atoms with Crippen LogP contribution in [0.15, 0.2) is 48.8 Å². The van der Waals surface area contributed by atoms with Gasteiger partial charge in [-0.2, -0.15) is 0 Å². The molecule has 1 aromatic heterocycles. The number of anilines is 3. The van der Waals surface area contributed by atoms with Gasteiger partial charge < -0.3 is 25.0 Å². The summed E-state index contributed by atoms with van der Waals surface area (Å²) < 4.78 is 25.3. The monoisotopic (exact) mass is 638 g/mol. The summed E-state index contributed by atoms with van der Waals surface area (Å²) in [6, 6.07) is 8.02. The minimum atomic E-state index is -0.528. The van der Waals surface area contributed by atoms with Gasteiger partial charge in [-0.05, 0) is 76.6 Å². The number of fused-ring (bicyclic) bond motifs is 1. The first kappa shape index (κ1) is 32.4. The highest BCUT2D eigenvalue weighted by Crippen LogP contribution is 2.36. The lowest BCUT2D eigenvalue weighted by atomic mass is 10.0. The van der Waals surface area contributed by atoms with Gasteiger partial charge in [0.15, 0.2) is 0 Å². The van der Waals surface area contributed by atoms with E-state index in [1.807, 2.05) is 26.8 Å². The van der Waals surface area contributed by atoms with Crippen molar-refractivity contribution in [1.82, 2.24) is 19.8 Å². The second kappa shape index (κ2) is 14.0. The number of benzene rings is 2. The zero-order chi connectivity index (χ0) is 32.1. The summed E-state index contributed by atoms with van der Waals surface area (Å²) in [6.45, 7) is 8.38. The number of nitrogens with zero attached hydrogens (tertiary/aromatic N) is 4. The molecule has 10 nitrogen and oxygen atoms in total. The standard InChI is InChI=1S/C33H40ClFN6O4/c1-33(2,3)45-32(43)40(4)23-11-14-41(15-12-23)13-5-6-30(42)39-28-17-24-27(18-29(28)44-19-21-7-8-21)36-20-37-31(24)38-22-9-10-26(35)25(34)16-22/h5-6,9-10,16-18,20-21,23H,7-8,11-15,19H2,1-4H3,(H,39,42)(H,36,37,38)/b6-5+. The Bertz CT molecular complexity index is 1570. The predicted molar refractivity (Wildman–Crippen MR) is 174 cm³/mol. The van der Waals surface area contributed by atoms with E-state index < -0.39 is 11.4 Å². The Balaban J connectivity index is 1.23. The molecule has 1 aliphatic heterocycles. The van der Waals surface area contributed by atoms with Gasteiger partial charge in [-0.25, -0.2) is 19.2 Å². The highest BCUT2D eigenvalue weighted by atomic mass is 35.5. The zero-order valence-corrected chi connectivity index (χ0v) is 26.9. The fourth-order valence-corrected chi connectivity index (χ4v) is 5.24. The van der Waals surface area contributed by atoms with Crippen molar-refractivity contribution in [2.45, 2.75) is 58.1 Å². The molecule has 1 saturated heterocycles. The van der Waals surface area contributed by atoms with Crippen LogP contribution >= 0.6 is 11.6 Å². The van der Waals surface area contributed by atoms with Gasteiger partial charge in [0.2, 0.25) is 5.91 Å². The third kappa shape index (κ3) is 9.04. The first-order valence-corrected chi connectivity index (χ1v) is 15.6. The number of carbonyl (C=O) groups is 2. The van der Waals surface area contributed by atoms with Crippen LogP contribution in [0.5, 0.6) is 5.75 Å². The summed E-state index contributed by atoms with van der Waals surface area (Å²) in [5.41, 5.74) is 1.16. The summed E-state index contributed by atoms with van der Waals surface area (Å²) in [5.74, 6) is 0.718. The van der Waals surface area contributed by atoms with Crippen LogP contribution in [0.2, 0.25) is 5.02 Å². The van der Waals surface area contributed by atoms with E-state index in [2.05, 4.69) is 25.5 Å². The van der Waals surface area contributed by atoms with Crippen molar-refractivity contribution in [3.05, 3.63) is 59.7 Å². The smallest absolute Gasteiger partial charge is 0.410 e. The Hall–Kier alpha value is -3.96. The third-order valence-electron chi connectivity index (χ3n) is 7.77. The number of nitrogens with one attached hydrogen (secondary N) is 2. The van der Waals surface area contributed by atoms with Crippen molar-refractivity contribution in [3.8, 4) is 5.75 Å². The first-order valence-electron chi connectivity index (χ1n) is 15.2. The largest absolute Gasteiger partial charge is 0.491 e. The summed E-state index contributed by atoms with van der Waals surface area (Å²) in [4.78, 5) is 38.2. The van der Waals surface area contributed by atoms with Crippen LogP contribution in [-0.4, -0.2) is 76.7 Å². The lowest BCUT2D eigenvalue weighted by molar-refractivity contribution is -0.112. The Morgan fingerprint density at radius 2 is 1.89 bits per heavy atom. The topological polar surface area (TPSA) is 109 Å². The van der Waals surface area contributed by atoms with Crippen LogP contribution in [0.4, 0.5) is 26.4 Å². The van der Waals surface area contributed by atoms with Gasteiger partial charge in [-0.3, -0.25) is 9.69 Å². The maximum atomic E-state index is 13.7. The Kier molecular flexibility index (Phi) is 10.1. The molecule has 0 bridgehead atoms. The molecular weight excluding hydrogens is 599 g/mol. The van der Waals surface area contributed by atoms with E-state index in [0.717, 1.165) is 38.8 Å². The van der Waals surface area contributed by atoms with E-state index >= 15 is 0 Å². The molecule has 5 rings (SSSR count). The summed E-state index contributed by atoms with van der Waals surface area (Å²) in [5, 5.41) is 6.77. The molecule has 2 fully saturated rings. The van der Waals surface area contributed by atoms with E-state index in [4.69, 9.17) is 21.1 Å². The van der Waals surface area contributed by atoms with Crippen LogP contribution < -0.4 is 15.4 Å². The van der Waals surface area contributed by atoms with Crippen LogP contribution in [0.25, 0.3) is 10.9 Å². The minimum Gasteiger partial charge on any atom is -0.491 e. The number of hydrogen-bond acceptors (Lipinski definition) is 8. The highest BCUT2D eigenvalue weighted by molar-refractivity contribution is 6.31. The van der Waals surface area contributed by atoms with Gasteiger partial charge in [-0.15, -0.1) is 0 Å². The molecule has 0 atom stereocenters. The normalized spacial score (nSPS) is 16.1. The molecule has 45 heavy (non-hydrogen) atoms. The zero-order valence-electron chi connectivity index (χ0n) is 26.1. The van der Waals surface area contributed by atoms with Crippen LogP contribution in [0.1, 0.15) is 46.5 Å². The van der Waals surface area contributed by atoms with E-state index in [0.29, 0.717) is 52.9 Å². The molecule has 2 amide bonds. The molecule has 2 aromatic carbocycles. The fraction of sp³-hybridized carbons (Fsp3) is 0.455. The second-order valence-corrected chi connectivity index (χ2v) is 13.0. The van der Waals surface area contributed by atoms with Crippen LogP contribution in [0.3, 0.4) is 0 Å². The Morgan fingerprint density at radius 1 is 1.13 bits per heavy atom. The number of ether oxygens (including phenoxy) is 2. The van der Waals surface area contributed by atoms with Gasteiger partial charge in [0.1, 0.15) is 29.3 Å². The molecule has 1 saturated carbocycles. The van der Waals surface area contributed by atoms with E-state index in [-0.39, 0.29) is 23.1 Å². The molecule has 2 aliphatic rings. The molecule has 3 aromatic rings. The first-order chi connectivity index (χ1) is 21.4. The average Bonchev–Trinajstić information content (AvgIpc) is 3.82. The van der Waals surface area contributed by atoms with Gasteiger partial charge in [0.25, 0.3) is 0 Å². The molecule has 2 N–H and O–H groups in total. The SMILES string of the molecule is CN(C(=O)OC(C)(C)C)C1CCN(C/C=C/C(=O)Nc2cc3c(Nc4ccc(F)c(Cl)c4)ncnc3cc2OCC2CC2)CC1. The average molecular weight is 639 g/mol. The number of carbonyl (C=O) groups excluding carboxylic acids is 2. The molecular formula is C33H40ClFN6O4. The maximum Gasteiger partial charge on any atom is 0.410 e. The highest BCUT2D eigenvalue weighted by Gasteiger charge is 2.28. The number of rotatable bonds is 10. The molecule has 0 radical (unpaired) electrons. The van der Waals surface area contributed by atoms with Gasteiger partial charge in [-0.1, -0.05) is 17.7 Å². The summed E-state index contributed by atoms with van der Waals surface area (Å²) in [6.07, 6.45) is 8.41. The lowest BCUT2D eigenvalue weighted by Gasteiger charge is -2.36. The van der Waals surface area contributed by atoms with Crippen molar-refractivity contribution in [3.63, 3.8) is 0 Å². The van der Waals surface area contributed by atoms with Gasteiger partial charge >= 0.3 is 6.09 Å². The Morgan fingerprint density at radius 3 is 2.58 bits per heavy atom. The second-order valence-electron chi connectivity index (χ2n) is 12.6. The van der Waals surface area contributed by atoms with E-state index in [9.17, 15) is 14.0 Å². The van der Waals surface area contributed by atoms with E-state index in [1.165, 1.54) is 24.5 Å². The predicted octanol–water partition coefficient (Wildman–Crippen LogP) is 6.78. The van der Waals surface area contributed by atoms with Crippen molar-refractivity contribution in [1.29, 1.82) is 0 Å². The van der Waals surface area contributed by atoms with Crippen molar-refractivity contribution in [2.75, 3.05) is 43.9 Å². The van der Waals surface area contributed by atoms with E-state index in [1.54, 1.807) is 30.1 Å². The van der Waals surface area contributed by atoms with Crippen molar-refractivity contribution in [2.24, 2.45) is 5.92 Å². The number of hydrogen-bond donors (Lipinski definition) is 2. The molecule has 0 unspecified atom stereocenters. The number of halogens is 2. The quantitative estimate of drug-likeness (QED) is 0.234. The summed E-state index contributed by atoms with van der Waals surface area (Å²) >= 11 is 5.97. The number of amides is 2. The van der Waals surface area contributed by atoms with Gasteiger partial charge in [0, 0.05) is 55.9 Å². The lowest BCUT2D eigenvalue weighted by Crippen LogP contribution is -2.47. The number of likely N-dealkylation sites (tertiary alicyclic amines) is 1. The fourth-order valence-electron chi connectivity index (χ4n) is 5.06. The maximum absolute atomic E-state index is 13.7. The molecule has 1 aliphatic carbocycles. The van der Waals surface area contributed by atoms with Crippen LogP contribution in [-0.2, 0) is 9.53 Å². The third-order valence-corrected chi connectivity index (χ3v) is 8.06. The van der Waals surface area contributed by atoms with Crippen molar-refractivity contribution < 1.29 is 23.5 Å². The molecule has 12 heteroatoms.